The summed E-state index contributed by atoms with van der Waals surface area (Å²) in [5, 5.41) is 2.22. The number of hydrogen-bond acceptors (Lipinski definition) is 4. The maximum absolute atomic E-state index is 7.77. The molecule has 0 bridgehead atoms. The highest BCUT2D eigenvalue weighted by Gasteiger charge is 2.55. The van der Waals surface area contributed by atoms with Gasteiger partial charge in [-0.05, 0) is 106 Å². The molecule has 0 saturated heterocycles. The zero-order chi connectivity index (χ0) is 37.5. The van der Waals surface area contributed by atoms with Crippen molar-refractivity contribution in [3.05, 3.63) is 149 Å². The molecule has 0 N–H and O–H groups in total. The van der Waals surface area contributed by atoms with Gasteiger partial charge in [-0.3, -0.25) is 0 Å². The zero-order valence-electron chi connectivity index (χ0n) is 32.4. The van der Waals surface area contributed by atoms with E-state index in [0.717, 1.165) is 68.9 Å². The van der Waals surface area contributed by atoms with Gasteiger partial charge in [0.15, 0.2) is 5.60 Å². The van der Waals surface area contributed by atoms with Crippen molar-refractivity contribution in [2.75, 3.05) is 21.3 Å². The first kappa shape index (κ1) is 34.3. The lowest BCUT2D eigenvalue weighted by Gasteiger charge is -2.52. The van der Waals surface area contributed by atoms with Crippen LogP contribution >= 0.6 is 0 Å². The molecule has 1 saturated carbocycles. The van der Waals surface area contributed by atoms with E-state index in [1.807, 2.05) is 24.3 Å². The minimum absolute atomic E-state index is 0.127. The molecule has 0 radical (unpaired) electrons. The lowest BCUT2D eigenvalue weighted by atomic mass is 9.52. The van der Waals surface area contributed by atoms with Gasteiger partial charge in [-0.1, -0.05) is 113 Å². The van der Waals surface area contributed by atoms with Crippen LogP contribution in [0.4, 0.5) is 0 Å². The van der Waals surface area contributed by atoms with Crippen molar-refractivity contribution >= 4 is 16.8 Å². The van der Waals surface area contributed by atoms with Crippen molar-refractivity contribution in [3.63, 3.8) is 0 Å². The Morgan fingerprint density at radius 3 is 1.76 bits per heavy atom. The molecule has 2 aliphatic carbocycles. The van der Waals surface area contributed by atoms with E-state index in [4.69, 9.17) is 18.9 Å². The Balaban J connectivity index is 1.41. The first-order valence-electron chi connectivity index (χ1n) is 19.1. The van der Waals surface area contributed by atoms with Crippen molar-refractivity contribution in [1.29, 1.82) is 0 Å². The third kappa shape index (κ3) is 5.17. The van der Waals surface area contributed by atoms with E-state index in [1.54, 1.807) is 21.3 Å². The minimum atomic E-state index is -0.927. The summed E-state index contributed by atoms with van der Waals surface area (Å²) in [6, 6.07) is 40.8. The van der Waals surface area contributed by atoms with Crippen molar-refractivity contribution in [2.24, 2.45) is 10.8 Å². The molecular formula is C50H48O4. The maximum atomic E-state index is 7.77. The summed E-state index contributed by atoms with van der Waals surface area (Å²) < 4.78 is 25.2. The second-order valence-corrected chi connectivity index (χ2v) is 17.1. The van der Waals surface area contributed by atoms with Crippen molar-refractivity contribution in [2.45, 2.75) is 58.0 Å². The lowest BCUT2D eigenvalue weighted by molar-refractivity contribution is 0.0642. The topological polar surface area (TPSA) is 36.9 Å². The third-order valence-electron chi connectivity index (χ3n) is 12.2. The fraction of sp³-hybridized carbons (Fsp3) is 0.280. The van der Waals surface area contributed by atoms with Gasteiger partial charge in [0.05, 0.1) is 21.3 Å². The highest BCUT2D eigenvalue weighted by molar-refractivity contribution is 6.10. The van der Waals surface area contributed by atoms with Crippen LogP contribution in [-0.4, -0.2) is 21.3 Å². The zero-order valence-corrected chi connectivity index (χ0v) is 32.4. The number of benzene rings is 6. The highest BCUT2D eigenvalue weighted by Crippen LogP contribution is 2.67. The molecule has 272 valence electrons. The van der Waals surface area contributed by atoms with Gasteiger partial charge in [-0.25, -0.2) is 0 Å². The summed E-state index contributed by atoms with van der Waals surface area (Å²) in [7, 11) is 5.19. The van der Waals surface area contributed by atoms with Crippen LogP contribution in [0.1, 0.15) is 74.8 Å². The van der Waals surface area contributed by atoms with Gasteiger partial charge < -0.3 is 18.9 Å². The molecule has 0 aromatic heterocycles. The van der Waals surface area contributed by atoms with E-state index in [0.29, 0.717) is 0 Å². The smallest absolute Gasteiger partial charge is 0.178 e. The molecule has 6 aromatic rings. The van der Waals surface area contributed by atoms with Crippen LogP contribution < -0.4 is 18.9 Å². The maximum Gasteiger partial charge on any atom is 0.178 e. The fourth-order valence-electron chi connectivity index (χ4n) is 10.8. The molecule has 4 heteroatoms. The lowest BCUT2D eigenvalue weighted by Crippen LogP contribution is -2.44. The fourth-order valence-corrected chi connectivity index (χ4v) is 10.8. The molecule has 54 heavy (non-hydrogen) atoms. The number of hydrogen-bond donors (Lipinski definition) is 0. The monoisotopic (exact) mass is 712 g/mol. The average Bonchev–Trinajstić information content (AvgIpc) is 3.44. The van der Waals surface area contributed by atoms with Crippen LogP contribution in [0.25, 0.3) is 39.1 Å². The summed E-state index contributed by atoms with van der Waals surface area (Å²) in [6.45, 7) is 9.85. The van der Waals surface area contributed by atoms with Crippen molar-refractivity contribution < 1.29 is 18.9 Å². The second kappa shape index (κ2) is 12.3. The van der Waals surface area contributed by atoms with Gasteiger partial charge in [0.2, 0.25) is 0 Å². The Bertz CT molecular complexity index is 2370. The number of methoxy groups -OCH3 is 3. The molecular weight excluding hydrogens is 665 g/mol. The van der Waals surface area contributed by atoms with Crippen LogP contribution in [-0.2, 0) is 11.0 Å². The van der Waals surface area contributed by atoms with Gasteiger partial charge in [0.25, 0.3) is 0 Å². The summed E-state index contributed by atoms with van der Waals surface area (Å²) >= 11 is 0. The van der Waals surface area contributed by atoms with E-state index >= 15 is 0 Å². The van der Waals surface area contributed by atoms with Gasteiger partial charge in [0, 0.05) is 33.1 Å². The number of ether oxygens (including phenoxy) is 4. The molecule has 9 rings (SSSR count). The first-order valence-corrected chi connectivity index (χ1v) is 19.1. The molecule has 0 amide bonds. The van der Waals surface area contributed by atoms with E-state index in [9.17, 15) is 0 Å². The van der Waals surface area contributed by atoms with Crippen LogP contribution in [0, 0.1) is 10.8 Å². The van der Waals surface area contributed by atoms with E-state index < -0.39 is 5.60 Å². The summed E-state index contributed by atoms with van der Waals surface area (Å²) in [6.07, 6.45) is 7.94. The van der Waals surface area contributed by atoms with E-state index in [1.165, 1.54) is 34.2 Å². The Kier molecular flexibility index (Phi) is 7.80. The molecule has 1 spiro atoms. The molecule has 0 unspecified atom stereocenters. The Labute approximate surface area is 319 Å². The van der Waals surface area contributed by atoms with Crippen LogP contribution in [0.15, 0.2) is 121 Å². The number of rotatable bonds is 6. The third-order valence-corrected chi connectivity index (χ3v) is 12.2. The van der Waals surface area contributed by atoms with E-state index in [-0.39, 0.29) is 16.2 Å². The minimum Gasteiger partial charge on any atom is -0.497 e. The van der Waals surface area contributed by atoms with Gasteiger partial charge in [0.1, 0.15) is 23.0 Å². The van der Waals surface area contributed by atoms with Crippen molar-refractivity contribution in [3.8, 4) is 45.3 Å². The molecule has 6 aromatic carbocycles. The van der Waals surface area contributed by atoms with Crippen molar-refractivity contribution in [1.82, 2.24) is 0 Å². The Hall–Kier alpha value is -5.48. The van der Waals surface area contributed by atoms with Crippen LogP contribution in [0.5, 0.6) is 23.0 Å². The standard InChI is InChI=1S/C50H48O4/c1-47(2)29-48(3,4)31-49(30-47)42-16-12-11-15-37(42)44-40-28-43(53-7)39(32-13-9-8-10-14-32)27-41(40)46-38(45(44)49)25-26-50(54-46,33-17-21-35(51-5)22-18-33)34-19-23-36(52-6)24-20-34/h8-28H,29-31H2,1-7H3. The summed E-state index contributed by atoms with van der Waals surface area (Å²) in [4.78, 5) is 0. The van der Waals surface area contributed by atoms with Crippen LogP contribution in [0.2, 0.25) is 0 Å². The van der Waals surface area contributed by atoms with Gasteiger partial charge in [-0.2, -0.15) is 0 Å². The molecule has 1 aliphatic heterocycles. The van der Waals surface area contributed by atoms with Crippen LogP contribution in [0.3, 0.4) is 0 Å². The molecule has 3 aliphatic rings. The molecule has 1 heterocycles. The van der Waals surface area contributed by atoms with Gasteiger partial charge in [-0.15, -0.1) is 0 Å². The normalized spacial score (nSPS) is 18.0. The molecule has 4 nitrogen and oxygen atoms in total. The largest absolute Gasteiger partial charge is 0.497 e. The molecule has 1 fully saturated rings. The SMILES string of the molecule is COc1ccc(C2(c3ccc(OC)cc3)C=Cc3c4c(c5cc(OC)c(-c6ccccc6)cc5c3O2)-c2ccccc2C42CC(C)(C)CC(C)(C)C2)cc1. The predicted molar refractivity (Wildman–Crippen MR) is 220 cm³/mol. The average molecular weight is 713 g/mol. The predicted octanol–water partition coefficient (Wildman–Crippen LogP) is 12.4. The summed E-state index contributed by atoms with van der Waals surface area (Å²) in [5.41, 5.74) is 9.89. The molecule has 0 atom stereocenters. The quantitative estimate of drug-likeness (QED) is 0.172. The summed E-state index contributed by atoms with van der Waals surface area (Å²) in [5.74, 6) is 3.34. The van der Waals surface area contributed by atoms with Gasteiger partial charge >= 0.3 is 0 Å². The first-order chi connectivity index (χ1) is 26.0. The van der Waals surface area contributed by atoms with E-state index in [2.05, 4.69) is 131 Å². The second-order valence-electron chi connectivity index (χ2n) is 17.1. The highest BCUT2D eigenvalue weighted by atomic mass is 16.5. The number of fused-ring (bicyclic) bond motifs is 10. The Morgan fingerprint density at radius 1 is 0.574 bits per heavy atom. The Morgan fingerprint density at radius 2 is 1.17 bits per heavy atom.